The molecule has 130 valence electrons. The van der Waals surface area contributed by atoms with Gasteiger partial charge in [0.1, 0.15) is 22.6 Å². The minimum Gasteiger partial charge on any atom is -0.372 e. The summed E-state index contributed by atoms with van der Waals surface area (Å²) in [6, 6.07) is 7.82. The quantitative estimate of drug-likeness (QED) is 0.613. The predicted octanol–water partition coefficient (Wildman–Crippen LogP) is 3.21. The molecule has 3 aromatic heterocycles. The molecule has 0 N–H and O–H groups in total. The van der Waals surface area contributed by atoms with Gasteiger partial charge in [-0.05, 0) is 47.0 Å². The second-order valence-corrected chi connectivity index (χ2v) is 7.07. The van der Waals surface area contributed by atoms with Crippen LogP contribution >= 0.6 is 15.9 Å². The van der Waals surface area contributed by atoms with Gasteiger partial charge in [0.25, 0.3) is 0 Å². The third kappa shape index (κ3) is 2.79. The van der Waals surface area contributed by atoms with E-state index < -0.39 is 0 Å². The number of methoxy groups -OCH3 is 1. The van der Waals surface area contributed by atoms with Crippen LogP contribution in [0.4, 0.5) is 0 Å². The molecule has 3 heterocycles. The molecule has 0 amide bonds. The lowest BCUT2D eigenvalue weighted by Crippen LogP contribution is -2.11. The Kier molecular flexibility index (Phi) is 4.05. The smallest absolute Gasteiger partial charge is 0.165 e. The zero-order valence-electron chi connectivity index (χ0n) is 14.3. The predicted molar refractivity (Wildman–Crippen MR) is 97.8 cm³/mol. The highest BCUT2D eigenvalue weighted by molar-refractivity contribution is 9.10. The molecule has 0 saturated heterocycles. The van der Waals surface area contributed by atoms with Crippen LogP contribution in [0.3, 0.4) is 0 Å². The van der Waals surface area contributed by atoms with E-state index in [4.69, 9.17) is 4.74 Å². The van der Waals surface area contributed by atoms with Crippen molar-refractivity contribution in [1.82, 2.24) is 24.7 Å². The zero-order valence-corrected chi connectivity index (χ0v) is 15.9. The van der Waals surface area contributed by atoms with E-state index in [0.29, 0.717) is 16.0 Å². The van der Waals surface area contributed by atoms with Crippen LogP contribution in [0.25, 0.3) is 22.6 Å². The number of ether oxygens (including phenoxy) is 1. The summed E-state index contributed by atoms with van der Waals surface area (Å²) >= 11 is 3.50. The minimum absolute atomic E-state index is 0.309. The Labute approximate surface area is 158 Å². The van der Waals surface area contributed by atoms with Crippen LogP contribution in [0.15, 0.2) is 35.3 Å². The summed E-state index contributed by atoms with van der Waals surface area (Å²) in [5, 5.41) is 17.4. The topological polar surface area (TPSA) is 89.5 Å². The molecule has 0 aromatic carbocycles. The summed E-state index contributed by atoms with van der Waals surface area (Å²) < 4.78 is 8.18. The van der Waals surface area contributed by atoms with Crippen molar-refractivity contribution in [1.29, 1.82) is 5.26 Å². The Morgan fingerprint density at radius 3 is 2.73 bits per heavy atom. The van der Waals surface area contributed by atoms with E-state index in [9.17, 15) is 5.26 Å². The largest absolute Gasteiger partial charge is 0.372 e. The fourth-order valence-electron chi connectivity index (χ4n) is 3.00. The first kappa shape index (κ1) is 16.8. The summed E-state index contributed by atoms with van der Waals surface area (Å²) in [6.07, 6.45) is 5.08. The number of nitrogens with zero attached hydrogens (tertiary/aromatic N) is 6. The third-order valence-corrected chi connectivity index (χ3v) is 5.00. The normalized spacial score (nSPS) is 14.8. The van der Waals surface area contributed by atoms with Gasteiger partial charge in [-0.15, -0.1) is 10.2 Å². The highest BCUT2D eigenvalue weighted by atomic mass is 79.9. The zero-order chi connectivity index (χ0) is 18.3. The van der Waals surface area contributed by atoms with Crippen molar-refractivity contribution in [3.05, 3.63) is 46.6 Å². The van der Waals surface area contributed by atoms with Gasteiger partial charge in [0, 0.05) is 31.5 Å². The van der Waals surface area contributed by atoms with Gasteiger partial charge in [-0.2, -0.15) is 5.26 Å². The van der Waals surface area contributed by atoms with E-state index in [1.165, 1.54) is 0 Å². The number of hydrogen-bond donors (Lipinski definition) is 0. The molecule has 0 aliphatic heterocycles. The molecule has 0 bridgehead atoms. The second-order valence-electron chi connectivity index (χ2n) is 6.26. The summed E-state index contributed by atoms with van der Waals surface area (Å²) in [4.78, 5) is 9.12. The van der Waals surface area contributed by atoms with E-state index in [0.717, 1.165) is 35.4 Å². The van der Waals surface area contributed by atoms with Crippen LogP contribution < -0.4 is 0 Å². The summed E-state index contributed by atoms with van der Waals surface area (Å²) in [5.74, 6) is 0.645. The molecule has 26 heavy (non-hydrogen) atoms. The number of aryl methyl sites for hydroxylation is 1. The Morgan fingerprint density at radius 1 is 1.31 bits per heavy atom. The number of aromatic nitrogens is 5. The van der Waals surface area contributed by atoms with Crippen LogP contribution in [0.2, 0.25) is 0 Å². The van der Waals surface area contributed by atoms with Crippen LogP contribution in [-0.4, -0.2) is 31.8 Å². The minimum atomic E-state index is -0.309. The van der Waals surface area contributed by atoms with E-state index in [1.54, 1.807) is 30.3 Å². The van der Waals surface area contributed by atoms with E-state index in [-0.39, 0.29) is 5.60 Å². The van der Waals surface area contributed by atoms with Crippen LogP contribution in [-0.2, 0) is 17.4 Å². The molecule has 7 nitrogen and oxygen atoms in total. The van der Waals surface area contributed by atoms with Gasteiger partial charge in [0.05, 0.1) is 17.0 Å². The van der Waals surface area contributed by atoms with Gasteiger partial charge in [0.15, 0.2) is 5.82 Å². The van der Waals surface area contributed by atoms with Gasteiger partial charge in [0.2, 0.25) is 0 Å². The number of hydrogen-bond acceptors (Lipinski definition) is 6. The van der Waals surface area contributed by atoms with Crippen molar-refractivity contribution in [2.24, 2.45) is 7.05 Å². The average molecular weight is 411 g/mol. The Balaban J connectivity index is 1.92. The second kappa shape index (κ2) is 6.27. The summed E-state index contributed by atoms with van der Waals surface area (Å²) in [7, 11) is 3.57. The molecular formula is C18H15BrN6O. The van der Waals surface area contributed by atoms with Gasteiger partial charge in [-0.1, -0.05) is 0 Å². The van der Waals surface area contributed by atoms with Crippen molar-refractivity contribution in [3.8, 4) is 28.7 Å². The van der Waals surface area contributed by atoms with Gasteiger partial charge in [-0.3, -0.25) is 4.98 Å². The molecule has 1 aliphatic rings. The maximum absolute atomic E-state index is 9.26. The first-order valence-electron chi connectivity index (χ1n) is 8.04. The number of nitriles is 1. The fourth-order valence-corrected chi connectivity index (χ4v) is 3.44. The molecule has 0 atom stereocenters. The number of rotatable bonds is 4. The molecule has 4 rings (SSSR count). The Hall–Kier alpha value is -2.63. The highest BCUT2D eigenvalue weighted by Gasteiger charge is 2.46. The van der Waals surface area contributed by atoms with Gasteiger partial charge >= 0.3 is 0 Å². The molecule has 8 heteroatoms. The number of pyridine rings is 2. The highest BCUT2D eigenvalue weighted by Crippen LogP contribution is 2.49. The van der Waals surface area contributed by atoms with Crippen LogP contribution in [0.5, 0.6) is 0 Å². The Bertz CT molecular complexity index is 1030. The maximum atomic E-state index is 9.26. The lowest BCUT2D eigenvalue weighted by molar-refractivity contribution is 0.0751. The standard InChI is InChI=1S/C18H15BrN6O/c1-25-10-22-24-17(25)13-5-11(8-20)9-21-16(13)12-6-14(23-15(19)7-12)18(26-2)3-4-18/h5-7,9-10H,3-4H2,1-2H3. The number of halogens is 1. The van der Waals surface area contributed by atoms with Crippen molar-refractivity contribution in [3.63, 3.8) is 0 Å². The van der Waals surface area contributed by atoms with Crippen molar-refractivity contribution in [2.75, 3.05) is 7.11 Å². The average Bonchev–Trinajstić information content (AvgIpc) is 3.35. The lowest BCUT2D eigenvalue weighted by atomic mass is 10.0. The summed E-state index contributed by atoms with van der Waals surface area (Å²) in [5.41, 5.74) is 3.38. The van der Waals surface area contributed by atoms with E-state index >= 15 is 0 Å². The van der Waals surface area contributed by atoms with Crippen LogP contribution in [0, 0.1) is 11.3 Å². The van der Waals surface area contributed by atoms with Crippen molar-refractivity contribution >= 4 is 15.9 Å². The molecule has 3 aromatic rings. The molecule has 0 unspecified atom stereocenters. The molecule has 1 aliphatic carbocycles. The van der Waals surface area contributed by atoms with Gasteiger partial charge in [-0.25, -0.2) is 4.98 Å². The van der Waals surface area contributed by atoms with Gasteiger partial charge < -0.3 is 9.30 Å². The first-order valence-corrected chi connectivity index (χ1v) is 8.84. The fraction of sp³-hybridized carbons (Fsp3) is 0.278. The summed E-state index contributed by atoms with van der Waals surface area (Å²) in [6.45, 7) is 0. The molecule has 0 radical (unpaired) electrons. The van der Waals surface area contributed by atoms with E-state index in [2.05, 4.69) is 42.2 Å². The van der Waals surface area contributed by atoms with E-state index in [1.807, 2.05) is 19.2 Å². The SMILES string of the molecule is COC1(c2cc(-c3ncc(C#N)cc3-c3nncn3C)cc(Br)n2)CC1. The van der Waals surface area contributed by atoms with Crippen molar-refractivity contribution < 1.29 is 4.74 Å². The maximum Gasteiger partial charge on any atom is 0.165 e. The van der Waals surface area contributed by atoms with Crippen molar-refractivity contribution in [2.45, 2.75) is 18.4 Å². The van der Waals surface area contributed by atoms with Crippen LogP contribution in [0.1, 0.15) is 24.1 Å². The molecule has 1 fully saturated rings. The first-order chi connectivity index (χ1) is 12.6. The lowest BCUT2D eigenvalue weighted by Gasteiger charge is -2.15. The molecule has 0 spiro atoms. The molecule has 1 saturated carbocycles. The Morgan fingerprint density at radius 2 is 2.12 bits per heavy atom. The molecular weight excluding hydrogens is 396 g/mol. The third-order valence-electron chi connectivity index (χ3n) is 4.60. The monoisotopic (exact) mass is 410 g/mol.